The molecule has 0 heterocycles. The van der Waals surface area contributed by atoms with E-state index in [4.69, 9.17) is 14.9 Å². The number of phosphoric ester groups is 1. The minimum absolute atomic E-state index is 0. The molecule has 0 aliphatic carbocycles. The number of hydrogen-bond acceptors (Lipinski definition) is 4. The van der Waals surface area contributed by atoms with Gasteiger partial charge in [0, 0.05) is 0 Å². The molecule has 17 heavy (non-hydrogen) atoms. The molecule has 0 aliphatic rings. The van der Waals surface area contributed by atoms with Crippen molar-refractivity contribution in [2.75, 3.05) is 0 Å². The molecule has 0 aliphatic heterocycles. The van der Waals surface area contributed by atoms with Gasteiger partial charge >= 0.3 is 71.1 Å². The number of carbonyl (C=O) groups is 2. The molecule has 88 valence electrons. The molecule has 1 aromatic rings. The van der Waals surface area contributed by atoms with Crippen molar-refractivity contribution >= 4 is 19.8 Å². The quantitative estimate of drug-likeness (QED) is 0.424. The average Bonchev–Trinajstić information content (AvgIpc) is 2.15. The van der Waals surface area contributed by atoms with Gasteiger partial charge in [-0.05, 0) is 12.1 Å². The zero-order valence-corrected chi connectivity index (χ0v) is 12.7. The Morgan fingerprint density at radius 3 is 2.06 bits per heavy atom. The van der Waals surface area contributed by atoms with E-state index < -0.39 is 25.3 Å². The summed E-state index contributed by atoms with van der Waals surface area (Å²) >= 11 is 0. The summed E-state index contributed by atoms with van der Waals surface area (Å²) in [5.74, 6) is -2.77. The maximum Gasteiger partial charge on any atom is 1.00 e. The smallest absolute Gasteiger partial charge is 1.00 e. The minimum atomic E-state index is -4.98. The molecule has 0 atom stereocenters. The summed E-state index contributed by atoms with van der Waals surface area (Å²) in [6.07, 6.45) is 0. The van der Waals surface area contributed by atoms with Crippen LogP contribution in [0.3, 0.4) is 0 Å². The third kappa shape index (κ3) is 5.41. The predicted octanol–water partition coefficient (Wildman–Crippen LogP) is -2.25. The van der Waals surface area contributed by atoms with E-state index in [0.717, 1.165) is 12.1 Å². The summed E-state index contributed by atoms with van der Waals surface area (Å²) in [5.41, 5.74) is -0.806. The molecule has 7 nitrogen and oxygen atoms in total. The van der Waals surface area contributed by atoms with E-state index in [0.29, 0.717) is 0 Å². The maximum atomic E-state index is 11.2. The second-order valence-electron chi connectivity index (χ2n) is 2.72. The van der Waals surface area contributed by atoms with E-state index in [1.165, 1.54) is 12.1 Å². The van der Waals surface area contributed by atoms with Crippen LogP contribution >= 0.6 is 7.82 Å². The van der Waals surface area contributed by atoms with E-state index in [-0.39, 0.29) is 58.4 Å². The van der Waals surface area contributed by atoms with Gasteiger partial charge < -0.3 is 11.1 Å². The molecule has 0 unspecified atom stereocenters. The first kappa shape index (κ1) is 16.9. The van der Waals surface area contributed by atoms with Crippen LogP contribution in [0.5, 0.6) is 0 Å². The Balaban J connectivity index is 0. The van der Waals surface area contributed by atoms with Crippen LogP contribution in [0.4, 0.5) is 0 Å². The number of carboxylic acids is 1. The van der Waals surface area contributed by atoms with Crippen LogP contribution in [0.2, 0.25) is 0 Å². The molecule has 0 radical (unpaired) electrons. The summed E-state index contributed by atoms with van der Waals surface area (Å²) in [6.45, 7) is 0. The van der Waals surface area contributed by atoms with E-state index in [2.05, 4.69) is 4.52 Å². The van der Waals surface area contributed by atoms with Crippen molar-refractivity contribution in [1.82, 2.24) is 0 Å². The third-order valence-electron chi connectivity index (χ3n) is 1.58. The van der Waals surface area contributed by atoms with Crippen LogP contribution in [0.15, 0.2) is 24.3 Å². The van der Waals surface area contributed by atoms with Gasteiger partial charge in [-0.25, -0.2) is 14.2 Å². The zero-order valence-electron chi connectivity index (χ0n) is 9.73. The Labute approximate surface area is 140 Å². The average molecular weight is 286 g/mol. The van der Waals surface area contributed by atoms with Gasteiger partial charge in [0.15, 0.2) is 0 Å². The van der Waals surface area contributed by atoms with Crippen LogP contribution in [0, 0.1) is 0 Å². The number of hydrogen-bond donors (Lipinski definition) is 3. The molecule has 0 aromatic heterocycles. The summed E-state index contributed by atoms with van der Waals surface area (Å²) in [6, 6.07) is 4.94. The number of benzene rings is 1. The number of aromatic carboxylic acids is 1. The van der Waals surface area contributed by atoms with Crippen LogP contribution < -0.4 is 51.4 Å². The second kappa shape index (κ2) is 6.77. The van der Waals surface area contributed by atoms with Crippen molar-refractivity contribution in [3.8, 4) is 0 Å². The number of phosphoric acid groups is 1. The maximum absolute atomic E-state index is 11.2. The SMILES string of the molecule is O=C(O)c1ccccc1C(=O)OP(=O)(O)O.[H-].[K+]. The molecule has 0 saturated carbocycles. The van der Waals surface area contributed by atoms with Crippen molar-refractivity contribution in [2.45, 2.75) is 0 Å². The minimum Gasteiger partial charge on any atom is -1.00 e. The van der Waals surface area contributed by atoms with Gasteiger partial charge in [-0.3, -0.25) is 9.79 Å². The van der Waals surface area contributed by atoms with Gasteiger partial charge in [-0.15, -0.1) is 0 Å². The van der Waals surface area contributed by atoms with Gasteiger partial charge in [-0.1, -0.05) is 12.1 Å². The van der Waals surface area contributed by atoms with Gasteiger partial charge in [0.2, 0.25) is 0 Å². The molecule has 0 bridgehead atoms. The Bertz CT molecular complexity index is 486. The van der Waals surface area contributed by atoms with Gasteiger partial charge in [-0.2, -0.15) is 0 Å². The summed E-state index contributed by atoms with van der Waals surface area (Å²) in [7, 11) is -4.98. The summed E-state index contributed by atoms with van der Waals surface area (Å²) < 4.78 is 14.2. The normalized spacial score (nSPS) is 10.2. The van der Waals surface area contributed by atoms with Crippen LogP contribution in [0.25, 0.3) is 0 Å². The van der Waals surface area contributed by atoms with Gasteiger partial charge in [0.25, 0.3) is 0 Å². The molecule has 1 aromatic carbocycles. The molecule has 0 amide bonds. The monoisotopic (exact) mass is 286 g/mol. The Morgan fingerprint density at radius 1 is 1.18 bits per heavy atom. The van der Waals surface area contributed by atoms with Gasteiger partial charge in [0.1, 0.15) is 0 Å². The number of carbonyl (C=O) groups excluding carboxylic acids is 1. The molecule has 3 N–H and O–H groups in total. The molecular formula is C8H8KO7P. The predicted molar refractivity (Wildman–Crippen MR) is 52.0 cm³/mol. The van der Waals surface area contributed by atoms with Crippen molar-refractivity contribution in [2.24, 2.45) is 0 Å². The fourth-order valence-corrected chi connectivity index (χ4v) is 1.32. The molecule has 9 heteroatoms. The van der Waals surface area contributed by atoms with Crippen LogP contribution in [-0.4, -0.2) is 26.8 Å². The fraction of sp³-hybridized carbons (Fsp3) is 0. The van der Waals surface area contributed by atoms with Crippen LogP contribution in [-0.2, 0) is 9.09 Å². The zero-order chi connectivity index (χ0) is 12.3. The first-order valence-electron chi connectivity index (χ1n) is 3.93. The Morgan fingerprint density at radius 2 is 1.65 bits per heavy atom. The molecular weight excluding hydrogens is 278 g/mol. The van der Waals surface area contributed by atoms with E-state index in [9.17, 15) is 14.2 Å². The topological polar surface area (TPSA) is 121 Å². The number of carboxylic acid groups (broad SMARTS) is 1. The summed E-state index contributed by atoms with van der Waals surface area (Å²) in [4.78, 5) is 38.7. The Hall–Kier alpha value is -0.0536. The molecule has 0 spiro atoms. The second-order valence-corrected chi connectivity index (χ2v) is 3.88. The Kier molecular flexibility index (Phi) is 6.74. The van der Waals surface area contributed by atoms with E-state index in [1.807, 2.05) is 0 Å². The van der Waals surface area contributed by atoms with E-state index in [1.54, 1.807) is 0 Å². The van der Waals surface area contributed by atoms with Gasteiger partial charge in [0.05, 0.1) is 11.1 Å². The van der Waals surface area contributed by atoms with Crippen molar-refractivity contribution < 1.29 is 86.4 Å². The molecule has 0 saturated heterocycles. The van der Waals surface area contributed by atoms with Crippen molar-refractivity contribution in [3.63, 3.8) is 0 Å². The summed E-state index contributed by atoms with van der Waals surface area (Å²) in [5, 5.41) is 8.71. The number of rotatable bonds is 3. The van der Waals surface area contributed by atoms with Crippen molar-refractivity contribution in [3.05, 3.63) is 35.4 Å². The largest absolute Gasteiger partial charge is 1.00 e. The first-order chi connectivity index (χ1) is 7.31. The first-order valence-corrected chi connectivity index (χ1v) is 5.46. The molecule has 1 rings (SSSR count). The fourth-order valence-electron chi connectivity index (χ4n) is 1.00. The third-order valence-corrected chi connectivity index (χ3v) is 1.98. The van der Waals surface area contributed by atoms with Crippen LogP contribution in [0.1, 0.15) is 22.1 Å². The standard InChI is InChI=1S/C8H7O7P.K.H/c9-7(10)5-3-1-2-4-6(5)8(11)15-16(12,13)14;;/h1-4H,(H,9,10)(H2,12,13,14);;/q;+1;-1. The van der Waals surface area contributed by atoms with E-state index >= 15 is 0 Å². The van der Waals surface area contributed by atoms with Crippen molar-refractivity contribution in [1.29, 1.82) is 0 Å². The molecule has 0 fully saturated rings.